The molecule has 0 radical (unpaired) electrons. The first-order valence-electron chi connectivity index (χ1n) is 8.48. The molecule has 25 heavy (non-hydrogen) atoms. The number of nitrogens with one attached hydrogen (secondary N) is 1. The summed E-state index contributed by atoms with van der Waals surface area (Å²) in [5, 5.41) is 2.98. The van der Waals surface area contributed by atoms with Gasteiger partial charge >= 0.3 is 0 Å². The van der Waals surface area contributed by atoms with Gasteiger partial charge in [0.25, 0.3) is 0 Å². The average Bonchev–Trinajstić information content (AvgIpc) is 2.60. The van der Waals surface area contributed by atoms with Crippen molar-refractivity contribution in [3.63, 3.8) is 0 Å². The van der Waals surface area contributed by atoms with E-state index in [0.29, 0.717) is 13.2 Å². The molecule has 0 bridgehead atoms. The maximum Gasteiger partial charge on any atom is 0.244 e. The Bertz CT molecular complexity index is 811. The Hall–Kier alpha value is -2.75. The van der Waals surface area contributed by atoms with Crippen LogP contribution in [0.2, 0.25) is 0 Å². The van der Waals surface area contributed by atoms with Crippen LogP contribution in [-0.2, 0) is 4.79 Å². The second-order valence-electron chi connectivity index (χ2n) is 6.33. The number of carbonyl (C=O) groups is 1. The van der Waals surface area contributed by atoms with Crippen molar-refractivity contribution in [2.45, 2.75) is 26.8 Å². The third-order valence-corrected chi connectivity index (χ3v) is 4.26. The maximum absolute atomic E-state index is 12.2. The van der Waals surface area contributed by atoms with Crippen molar-refractivity contribution >= 4 is 12.0 Å². The first-order chi connectivity index (χ1) is 12.0. The highest BCUT2D eigenvalue weighted by atomic mass is 16.6. The Kier molecular flexibility index (Phi) is 5.08. The molecule has 4 nitrogen and oxygen atoms in total. The summed E-state index contributed by atoms with van der Waals surface area (Å²) in [4.78, 5) is 12.2. The molecular weight excluding hydrogens is 314 g/mol. The van der Waals surface area contributed by atoms with E-state index in [9.17, 15) is 4.79 Å². The first-order valence-corrected chi connectivity index (χ1v) is 8.48. The quantitative estimate of drug-likeness (QED) is 0.859. The highest BCUT2D eigenvalue weighted by molar-refractivity contribution is 5.92. The lowest BCUT2D eigenvalue weighted by Crippen LogP contribution is -2.25. The lowest BCUT2D eigenvalue weighted by atomic mass is 10.1. The standard InChI is InChI=1S/C21H23NO3/c1-14-4-5-17(15(2)12-14)7-9-21(23)22-16(3)18-6-8-19-20(13-18)25-11-10-24-19/h4-9,12-13,16H,10-11H2,1-3H3,(H,22,23)/b9-7+. The van der Waals surface area contributed by atoms with E-state index >= 15 is 0 Å². The van der Waals surface area contributed by atoms with Gasteiger partial charge in [0.15, 0.2) is 11.5 Å². The van der Waals surface area contributed by atoms with Crippen molar-refractivity contribution in [2.24, 2.45) is 0 Å². The fraction of sp³-hybridized carbons (Fsp3) is 0.286. The molecule has 1 aliphatic rings. The average molecular weight is 337 g/mol. The number of hydrogen-bond donors (Lipinski definition) is 1. The van der Waals surface area contributed by atoms with Crippen LogP contribution in [-0.4, -0.2) is 19.1 Å². The summed E-state index contributed by atoms with van der Waals surface area (Å²) >= 11 is 0. The molecule has 1 N–H and O–H groups in total. The fourth-order valence-corrected chi connectivity index (χ4v) is 2.85. The van der Waals surface area contributed by atoms with Gasteiger partial charge in [0.2, 0.25) is 5.91 Å². The third kappa shape index (κ3) is 4.21. The largest absolute Gasteiger partial charge is 0.486 e. The molecule has 1 unspecified atom stereocenters. The van der Waals surface area contributed by atoms with Gasteiger partial charge in [0.1, 0.15) is 13.2 Å². The summed E-state index contributed by atoms with van der Waals surface area (Å²) in [6.45, 7) is 7.18. The second kappa shape index (κ2) is 7.43. The van der Waals surface area contributed by atoms with Crippen LogP contribution in [0.5, 0.6) is 11.5 Å². The van der Waals surface area contributed by atoms with Gasteiger partial charge in [-0.2, -0.15) is 0 Å². The minimum Gasteiger partial charge on any atom is -0.486 e. The summed E-state index contributed by atoms with van der Waals surface area (Å²) < 4.78 is 11.1. The Labute approximate surface area is 148 Å². The molecule has 0 spiro atoms. The van der Waals surface area contributed by atoms with E-state index in [1.807, 2.05) is 50.3 Å². The fourth-order valence-electron chi connectivity index (χ4n) is 2.85. The molecule has 1 amide bonds. The molecule has 0 aliphatic carbocycles. The molecule has 1 heterocycles. The minimum atomic E-state index is -0.123. The maximum atomic E-state index is 12.2. The summed E-state index contributed by atoms with van der Waals surface area (Å²) in [6.07, 6.45) is 3.42. The van der Waals surface area contributed by atoms with E-state index < -0.39 is 0 Å². The Morgan fingerprint density at radius 3 is 2.60 bits per heavy atom. The van der Waals surface area contributed by atoms with Gasteiger partial charge in [-0.1, -0.05) is 29.8 Å². The number of amides is 1. The van der Waals surface area contributed by atoms with Gasteiger partial charge < -0.3 is 14.8 Å². The van der Waals surface area contributed by atoms with Crippen molar-refractivity contribution in [2.75, 3.05) is 13.2 Å². The predicted octanol–water partition coefficient (Wildman–Crippen LogP) is 3.97. The molecule has 2 aromatic carbocycles. The van der Waals surface area contributed by atoms with Crippen LogP contribution >= 0.6 is 0 Å². The highest BCUT2D eigenvalue weighted by Crippen LogP contribution is 2.32. The van der Waals surface area contributed by atoms with E-state index in [2.05, 4.69) is 18.3 Å². The van der Waals surface area contributed by atoms with Crippen LogP contribution in [0, 0.1) is 13.8 Å². The van der Waals surface area contributed by atoms with Crippen LogP contribution in [0.4, 0.5) is 0 Å². The highest BCUT2D eigenvalue weighted by Gasteiger charge is 2.15. The summed E-state index contributed by atoms with van der Waals surface area (Å²) in [7, 11) is 0. The Morgan fingerprint density at radius 1 is 1.08 bits per heavy atom. The van der Waals surface area contributed by atoms with Crippen LogP contribution in [0.25, 0.3) is 6.08 Å². The van der Waals surface area contributed by atoms with Crippen molar-refractivity contribution < 1.29 is 14.3 Å². The van der Waals surface area contributed by atoms with Crippen LogP contribution in [0.15, 0.2) is 42.5 Å². The van der Waals surface area contributed by atoms with Crippen LogP contribution in [0.1, 0.15) is 35.2 Å². The minimum absolute atomic E-state index is 0.118. The topological polar surface area (TPSA) is 47.6 Å². The first kappa shape index (κ1) is 17.1. The van der Waals surface area contributed by atoms with Gasteiger partial charge in [0, 0.05) is 6.08 Å². The van der Waals surface area contributed by atoms with E-state index in [4.69, 9.17) is 9.47 Å². The summed E-state index contributed by atoms with van der Waals surface area (Å²) in [5.41, 5.74) is 4.40. The molecule has 0 fully saturated rings. The van der Waals surface area contributed by atoms with Crippen molar-refractivity contribution in [1.29, 1.82) is 0 Å². The molecule has 3 rings (SSSR count). The number of benzene rings is 2. The van der Waals surface area contributed by atoms with E-state index in [-0.39, 0.29) is 11.9 Å². The van der Waals surface area contributed by atoms with Crippen LogP contribution in [0.3, 0.4) is 0 Å². The third-order valence-electron chi connectivity index (χ3n) is 4.26. The van der Waals surface area contributed by atoms with Gasteiger partial charge in [0.05, 0.1) is 6.04 Å². The Balaban J connectivity index is 1.65. The van der Waals surface area contributed by atoms with E-state index in [0.717, 1.165) is 28.2 Å². The van der Waals surface area contributed by atoms with Crippen molar-refractivity contribution in [3.8, 4) is 11.5 Å². The number of hydrogen-bond acceptors (Lipinski definition) is 3. The number of rotatable bonds is 4. The summed E-state index contributed by atoms with van der Waals surface area (Å²) in [6, 6.07) is 11.8. The molecule has 2 aromatic rings. The van der Waals surface area contributed by atoms with Gasteiger partial charge in [-0.15, -0.1) is 0 Å². The van der Waals surface area contributed by atoms with E-state index in [1.54, 1.807) is 6.08 Å². The van der Waals surface area contributed by atoms with Gasteiger partial charge in [-0.05, 0) is 55.7 Å². The molecule has 0 aromatic heterocycles. The number of ether oxygens (including phenoxy) is 2. The molecule has 0 saturated carbocycles. The zero-order valence-electron chi connectivity index (χ0n) is 14.8. The lowest BCUT2D eigenvalue weighted by Gasteiger charge is -2.20. The molecular formula is C21H23NO3. The zero-order chi connectivity index (χ0) is 17.8. The van der Waals surface area contributed by atoms with Crippen molar-refractivity contribution in [1.82, 2.24) is 5.32 Å². The predicted molar refractivity (Wildman–Crippen MR) is 98.9 cm³/mol. The van der Waals surface area contributed by atoms with Gasteiger partial charge in [-0.25, -0.2) is 0 Å². The molecule has 0 saturated heterocycles. The SMILES string of the molecule is Cc1ccc(/C=C/C(=O)NC(C)c2ccc3c(c2)OCCO3)c(C)c1. The van der Waals surface area contributed by atoms with Crippen LogP contribution < -0.4 is 14.8 Å². The zero-order valence-corrected chi connectivity index (χ0v) is 14.8. The molecule has 1 atom stereocenters. The number of carbonyl (C=O) groups excluding carboxylic acids is 1. The van der Waals surface area contributed by atoms with Gasteiger partial charge in [-0.3, -0.25) is 4.79 Å². The Morgan fingerprint density at radius 2 is 1.84 bits per heavy atom. The molecule has 130 valence electrons. The van der Waals surface area contributed by atoms with E-state index in [1.165, 1.54) is 5.56 Å². The lowest BCUT2D eigenvalue weighted by molar-refractivity contribution is -0.117. The molecule has 1 aliphatic heterocycles. The number of fused-ring (bicyclic) bond motifs is 1. The molecule has 4 heteroatoms. The van der Waals surface area contributed by atoms with Crippen molar-refractivity contribution in [3.05, 3.63) is 64.7 Å². The normalized spacial score (nSPS) is 14.4. The monoisotopic (exact) mass is 337 g/mol. The second-order valence-corrected chi connectivity index (χ2v) is 6.33. The summed E-state index contributed by atoms with van der Waals surface area (Å²) in [5.74, 6) is 1.36. The number of aryl methyl sites for hydroxylation is 2. The smallest absolute Gasteiger partial charge is 0.244 e.